The topological polar surface area (TPSA) is 42.4 Å². The highest BCUT2D eigenvalue weighted by atomic mass is 35.5. The molecular formula is C13H15ClF3NO2. The van der Waals surface area contributed by atoms with E-state index in [1.54, 1.807) is 0 Å². The lowest BCUT2D eigenvalue weighted by molar-refractivity contribution is -0.137. The zero-order chi connectivity index (χ0) is 14.8. The fourth-order valence-corrected chi connectivity index (χ4v) is 2.47. The van der Waals surface area contributed by atoms with Gasteiger partial charge in [0.05, 0.1) is 5.56 Å². The summed E-state index contributed by atoms with van der Waals surface area (Å²) in [4.78, 5) is 3.65. The van der Waals surface area contributed by atoms with Crippen LogP contribution in [0.15, 0.2) is 12.3 Å². The van der Waals surface area contributed by atoms with Crippen LogP contribution in [0.4, 0.5) is 13.2 Å². The first-order chi connectivity index (χ1) is 9.40. The fourth-order valence-electron chi connectivity index (χ4n) is 2.26. The Kier molecular flexibility index (Phi) is 4.75. The standard InChI is InChI=1S/C13H15ClF3NO2/c14-11-5-9(13(15,16)17)6-18-12(11)20-10-3-1-8(7-19)2-4-10/h5-6,8,10,19H,1-4,7H2. The number of hydrogen-bond acceptors (Lipinski definition) is 3. The van der Waals surface area contributed by atoms with Gasteiger partial charge in [0.15, 0.2) is 0 Å². The molecule has 0 spiro atoms. The van der Waals surface area contributed by atoms with E-state index in [1.165, 1.54) is 0 Å². The van der Waals surface area contributed by atoms with Gasteiger partial charge in [-0.3, -0.25) is 0 Å². The van der Waals surface area contributed by atoms with Crippen molar-refractivity contribution in [2.24, 2.45) is 5.92 Å². The van der Waals surface area contributed by atoms with Crippen molar-refractivity contribution in [1.82, 2.24) is 4.98 Å². The van der Waals surface area contributed by atoms with Crippen molar-refractivity contribution in [2.45, 2.75) is 38.0 Å². The summed E-state index contributed by atoms with van der Waals surface area (Å²) < 4.78 is 43.0. The van der Waals surface area contributed by atoms with Gasteiger partial charge in [-0.05, 0) is 37.7 Å². The molecular weight excluding hydrogens is 295 g/mol. The van der Waals surface area contributed by atoms with E-state index in [0.717, 1.165) is 37.9 Å². The van der Waals surface area contributed by atoms with Crippen molar-refractivity contribution in [2.75, 3.05) is 6.61 Å². The van der Waals surface area contributed by atoms with Gasteiger partial charge >= 0.3 is 6.18 Å². The summed E-state index contributed by atoms with van der Waals surface area (Å²) in [5.74, 6) is 0.318. The number of ether oxygens (including phenoxy) is 1. The SMILES string of the molecule is OCC1CCC(Oc2ncc(C(F)(F)F)cc2Cl)CC1. The van der Waals surface area contributed by atoms with E-state index in [-0.39, 0.29) is 29.5 Å². The van der Waals surface area contributed by atoms with Crippen LogP contribution in [0.5, 0.6) is 5.88 Å². The van der Waals surface area contributed by atoms with Crippen molar-refractivity contribution in [1.29, 1.82) is 0 Å². The van der Waals surface area contributed by atoms with E-state index in [9.17, 15) is 13.2 Å². The molecule has 1 heterocycles. The summed E-state index contributed by atoms with van der Waals surface area (Å²) in [6.07, 6.45) is -0.707. The molecule has 7 heteroatoms. The lowest BCUT2D eigenvalue weighted by Crippen LogP contribution is -2.26. The maximum Gasteiger partial charge on any atom is 0.417 e. The van der Waals surface area contributed by atoms with Crippen LogP contribution in [0.3, 0.4) is 0 Å². The molecule has 3 nitrogen and oxygen atoms in total. The minimum absolute atomic E-state index is 0.0344. The molecule has 1 fully saturated rings. The molecule has 1 aromatic heterocycles. The molecule has 112 valence electrons. The Morgan fingerprint density at radius 3 is 2.45 bits per heavy atom. The second-order valence-electron chi connectivity index (χ2n) is 4.95. The van der Waals surface area contributed by atoms with Crippen LogP contribution in [-0.4, -0.2) is 22.8 Å². The summed E-state index contributed by atoms with van der Waals surface area (Å²) in [5, 5.41) is 8.90. The molecule has 0 unspecified atom stereocenters. The quantitative estimate of drug-likeness (QED) is 0.926. The summed E-state index contributed by atoms with van der Waals surface area (Å²) in [5.41, 5.74) is -0.890. The van der Waals surface area contributed by atoms with Gasteiger partial charge in [0.2, 0.25) is 5.88 Å². The van der Waals surface area contributed by atoms with Crippen LogP contribution in [0, 0.1) is 5.92 Å². The fraction of sp³-hybridized carbons (Fsp3) is 0.615. The Labute approximate surface area is 119 Å². The highest BCUT2D eigenvalue weighted by Gasteiger charge is 2.32. The Hall–Kier alpha value is -1.01. The minimum atomic E-state index is -4.46. The molecule has 1 aliphatic carbocycles. The Bertz CT molecular complexity index is 459. The number of aliphatic hydroxyl groups is 1. The highest BCUT2D eigenvalue weighted by Crippen LogP contribution is 2.34. The van der Waals surface area contributed by atoms with Crippen LogP contribution in [-0.2, 0) is 6.18 Å². The van der Waals surface area contributed by atoms with Gasteiger partial charge < -0.3 is 9.84 Å². The smallest absolute Gasteiger partial charge is 0.417 e. The lowest BCUT2D eigenvalue weighted by Gasteiger charge is -2.27. The van der Waals surface area contributed by atoms with E-state index in [2.05, 4.69) is 4.98 Å². The highest BCUT2D eigenvalue weighted by molar-refractivity contribution is 6.31. The van der Waals surface area contributed by atoms with Crippen LogP contribution in [0.25, 0.3) is 0 Å². The van der Waals surface area contributed by atoms with Gasteiger partial charge in [-0.1, -0.05) is 11.6 Å². The van der Waals surface area contributed by atoms with Crippen LogP contribution >= 0.6 is 11.6 Å². The minimum Gasteiger partial charge on any atom is -0.473 e. The number of rotatable bonds is 3. The van der Waals surface area contributed by atoms with Crippen LogP contribution in [0.1, 0.15) is 31.2 Å². The van der Waals surface area contributed by atoms with Gasteiger partial charge in [-0.15, -0.1) is 0 Å². The molecule has 0 bridgehead atoms. The molecule has 20 heavy (non-hydrogen) atoms. The maximum atomic E-state index is 12.5. The Morgan fingerprint density at radius 1 is 1.30 bits per heavy atom. The first-order valence-electron chi connectivity index (χ1n) is 6.40. The summed E-state index contributed by atoms with van der Waals surface area (Å²) in [6.45, 7) is 0.159. The van der Waals surface area contributed by atoms with E-state index in [4.69, 9.17) is 21.4 Å². The second-order valence-corrected chi connectivity index (χ2v) is 5.36. The van der Waals surface area contributed by atoms with Gasteiger partial charge in [-0.2, -0.15) is 13.2 Å². The predicted molar refractivity (Wildman–Crippen MR) is 67.7 cm³/mol. The number of pyridine rings is 1. The third kappa shape index (κ3) is 3.76. The second kappa shape index (κ2) is 6.18. The number of nitrogens with zero attached hydrogens (tertiary/aromatic N) is 1. The molecule has 0 aliphatic heterocycles. The molecule has 0 saturated heterocycles. The Balaban J connectivity index is 2.00. The first-order valence-corrected chi connectivity index (χ1v) is 6.78. The van der Waals surface area contributed by atoms with Crippen molar-refractivity contribution in [3.63, 3.8) is 0 Å². The van der Waals surface area contributed by atoms with E-state index in [1.807, 2.05) is 0 Å². The average Bonchev–Trinajstić information content (AvgIpc) is 2.41. The van der Waals surface area contributed by atoms with Crippen molar-refractivity contribution < 1.29 is 23.0 Å². The van der Waals surface area contributed by atoms with Crippen molar-refractivity contribution >= 4 is 11.6 Å². The molecule has 1 aromatic rings. The molecule has 0 atom stereocenters. The molecule has 0 amide bonds. The molecule has 0 radical (unpaired) electrons. The zero-order valence-corrected chi connectivity index (χ0v) is 11.4. The number of aromatic nitrogens is 1. The largest absolute Gasteiger partial charge is 0.473 e. The van der Waals surface area contributed by atoms with Crippen molar-refractivity contribution in [3.05, 3.63) is 22.8 Å². The lowest BCUT2D eigenvalue weighted by atomic mass is 9.88. The summed E-state index contributed by atoms with van der Waals surface area (Å²) in [6, 6.07) is 0.823. The molecule has 1 aliphatic rings. The number of alkyl halides is 3. The van der Waals surface area contributed by atoms with E-state index < -0.39 is 11.7 Å². The van der Waals surface area contributed by atoms with Crippen molar-refractivity contribution in [3.8, 4) is 5.88 Å². The molecule has 1 saturated carbocycles. The normalized spacial score (nSPS) is 23.6. The van der Waals surface area contributed by atoms with Crippen LogP contribution < -0.4 is 4.74 Å². The first kappa shape index (κ1) is 15.4. The molecule has 2 rings (SSSR count). The Morgan fingerprint density at radius 2 is 1.95 bits per heavy atom. The number of hydrogen-bond donors (Lipinski definition) is 1. The van der Waals surface area contributed by atoms with E-state index >= 15 is 0 Å². The van der Waals surface area contributed by atoms with Gasteiger partial charge in [-0.25, -0.2) is 4.98 Å². The average molecular weight is 310 g/mol. The third-order valence-corrected chi connectivity index (χ3v) is 3.74. The van der Waals surface area contributed by atoms with Gasteiger partial charge in [0.25, 0.3) is 0 Å². The summed E-state index contributed by atoms with van der Waals surface area (Å²) in [7, 11) is 0. The molecule has 0 aromatic carbocycles. The third-order valence-electron chi connectivity index (χ3n) is 3.47. The van der Waals surface area contributed by atoms with Crippen LogP contribution in [0.2, 0.25) is 5.02 Å². The summed E-state index contributed by atoms with van der Waals surface area (Å²) >= 11 is 5.78. The van der Waals surface area contributed by atoms with Gasteiger partial charge in [0.1, 0.15) is 11.1 Å². The van der Waals surface area contributed by atoms with Gasteiger partial charge in [0, 0.05) is 12.8 Å². The predicted octanol–water partition coefficient (Wildman–Crippen LogP) is 3.68. The van der Waals surface area contributed by atoms with E-state index in [0.29, 0.717) is 0 Å². The number of halogens is 4. The molecule has 1 N–H and O–H groups in total. The zero-order valence-electron chi connectivity index (χ0n) is 10.7. The monoisotopic (exact) mass is 309 g/mol. The number of aliphatic hydroxyl groups excluding tert-OH is 1. The maximum absolute atomic E-state index is 12.5.